The van der Waals surface area contributed by atoms with E-state index in [0.717, 1.165) is 12.8 Å². The van der Waals surface area contributed by atoms with E-state index in [1.165, 1.54) is 4.90 Å². The van der Waals surface area contributed by atoms with E-state index in [9.17, 15) is 14.7 Å². The van der Waals surface area contributed by atoms with Gasteiger partial charge in [0.2, 0.25) is 5.91 Å². The van der Waals surface area contributed by atoms with E-state index in [4.69, 9.17) is 4.74 Å². The molecular formula is C15H26N2O4. The molecule has 2 saturated heterocycles. The number of ether oxygens (including phenoxy) is 1. The van der Waals surface area contributed by atoms with Gasteiger partial charge in [-0.25, -0.2) is 4.79 Å². The van der Waals surface area contributed by atoms with Crippen LogP contribution in [0.2, 0.25) is 0 Å². The van der Waals surface area contributed by atoms with Crippen LogP contribution in [0.4, 0.5) is 4.79 Å². The van der Waals surface area contributed by atoms with E-state index >= 15 is 0 Å². The first-order chi connectivity index (χ1) is 9.78. The zero-order valence-electron chi connectivity index (χ0n) is 13.2. The molecule has 0 aromatic heterocycles. The fraction of sp³-hybridized carbons (Fsp3) is 0.867. The summed E-state index contributed by atoms with van der Waals surface area (Å²) >= 11 is 0. The summed E-state index contributed by atoms with van der Waals surface area (Å²) < 4.78 is 5.33. The van der Waals surface area contributed by atoms with Crippen molar-refractivity contribution in [2.45, 2.75) is 64.2 Å². The van der Waals surface area contributed by atoms with Crippen molar-refractivity contribution in [3.05, 3.63) is 0 Å². The van der Waals surface area contributed by atoms with Crippen molar-refractivity contribution in [1.29, 1.82) is 0 Å². The first-order valence-electron chi connectivity index (χ1n) is 7.74. The van der Waals surface area contributed by atoms with Gasteiger partial charge in [0.05, 0.1) is 6.10 Å². The highest BCUT2D eigenvalue weighted by Gasteiger charge is 2.41. The van der Waals surface area contributed by atoms with Gasteiger partial charge >= 0.3 is 6.09 Å². The minimum absolute atomic E-state index is 0.0128. The van der Waals surface area contributed by atoms with Crippen molar-refractivity contribution in [3.8, 4) is 0 Å². The lowest BCUT2D eigenvalue weighted by Crippen LogP contribution is -2.60. The van der Waals surface area contributed by atoms with E-state index in [2.05, 4.69) is 0 Å². The molecule has 2 atom stereocenters. The number of hydrogen-bond donors (Lipinski definition) is 1. The third kappa shape index (κ3) is 4.09. The van der Waals surface area contributed by atoms with Gasteiger partial charge in [-0.3, -0.25) is 9.69 Å². The van der Waals surface area contributed by atoms with E-state index in [1.54, 1.807) is 4.90 Å². The summed E-state index contributed by atoms with van der Waals surface area (Å²) in [6, 6.07) is -0.393. The largest absolute Gasteiger partial charge is 0.444 e. The van der Waals surface area contributed by atoms with Crippen LogP contribution in [-0.4, -0.2) is 64.3 Å². The Bertz CT molecular complexity index is 405. The standard InChI is InChI=1S/C15H26N2O4/c1-15(2,3)21-14(20)17-10-7-12(17)13(19)16-8-4-5-11(18)6-9-16/h11-12,18H,4-10H2,1-3H3/t11?,12-/m1/s1. The van der Waals surface area contributed by atoms with Gasteiger partial charge in [0.15, 0.2) is 0 Å². The molecule has 0 radical (unpaired) electrons. The first kappa shape index (κ1) is 16.1. The molecule has 2 heterocycles. The fourth-order valence-corrected chi connectivity index (χ4v) is 2.69. The second-order valence-electron chi connectivity index (χ2n) is 6.89. The SMILES string of the molecule is CC(C)(C)OC(=O)N1CC[C@@H]1C(=O)N1CCCC(O)CC1. The van der Waals surface area contributed by atoms with Crippen molar-refractivity contribution in [2.24, 2.45) is 0 Å². The normalized spacial score (nSPS) is 26.9. The number of aliphatic hydroxyl groups excluding tert-OH is 1. The van der Waals surface area contributed by atoms with Crippen LogP contribution in [0.25, 0.3) is 0 Å². The lowest BCUT2D eigenvalue weighted by atomic mass is 10.0. The lowest BCUT2D eigenvalue weighted by molar-refractivity contribution is -0.141. The van der Waals surface area contributed by atoms with Crippen LogP contribution >= 0.6 is 0 Å². The zero-order valence-corrected chi connectivity index (χ0v) is 13.2. The minimum Gasteiger partial charge on any atom is -0.444 e. The Morgan fingerprint density at radius 3 is 2.38 bits per heavy atom. The van der Waals surface area contributed by atoms with Crippen LogP contribution in [0, 0.1) is 0 Å². The van der Waals surface area contributed by atoms with Crippen molar-refractivity contribution in [1.82, 2.24) is 9.80 Å². The lowest BCUT2D eigenvalue weighted by Gasteiger charge is -2.42. The van der Waals surface area contributed by atoms with Crippen LogP contribution in [0.15, 0.2) is 0 Å². The molecule has 0 bridgehead atoms. The topological polar surface area (TPSA) is 70.1 Å². The van der Waals surface area contributed by atoms with Gasteiger partial charge in [0.25, 0.3) is 0 Å². The van der Waals surface area contributed by atoms with Crippen LogP contribution in [-0.2, 0) is 9.53 Å². The van der Waals surface area contributed by atoms with Gasteiger partial charge < -0.3 is 14.7 Å². The fourth-order valence-electron chi connectivity index (χ4n) is 2.69. The smallest absolute Gasteiger partial charge is 0.410 e. The molecule has 2 rings (SSSR count). The summed E-state index contributed by atoms with van der Waals surface area (Å²) in [5.41, 5.74) is -0.549. The molecule has 21 heavy (non-hydrogen) atoms. The maximum atomic E-state index is 12.5. The summed E-state index contributed by atoms with van der Waals surface area (Å²) in [5.74, 6) is -0.0128. The van der Waals surface area contributed by atoms with Crippen LogP contribution in [0.3, 0.4) is 0 Å². The van der Waals surface area contributed by atoms with Gasteiger partial charge in [-0.05, 0) is 46.5 Å². The molecule has 1 N–H and O–H groups in total. The molecule has 6 heteroatoms. The Labute approximate surface area is 126 Å². The molecule has 2 aliphatic rings. The number of aliphatic hydroxyl groups is 1. The molecule has 120 valence electrons. The Morgan fingerprint density at radius 1 is 1.10 bits per heavy atom. The molecular weight excluding hydrogens is 272 g/mol. The molecule has 1 unspecified atom stereocenters. The molecule has 2 amide bonds. The number of rotatable bonds is 1. The second kappa shape index (κ2) is 6.22. The maximum absolute atomic E-state index is 12.5. The highest BCUT2D eigenvalue weighted by molar-refractivity contribution is 5.87. The van der Waals surface area contributed by atoms with E-state index in [0.29, 0.717) is 32.5 Å². The molecule has 0 aromatic rings. The summed E-state index contributed by atoms with van der Waals surface area (Å²) in [6.07, 6.45) is 2.13. The van der Waals surface area contributed by atoms with Crippen LogP contribution in [0.1, 0.15) is 46.5 Å². The Kier molecular flexibility index (Phi) is 4.76. The average molecular weight is 298 g/mol. The van der Waals surface area contributed by atoms with Gasteiger partial charge in [-0.15, -0.1) is 0 Å². The van der Waals surface area contributed by atoms with Crippen molar-refractivity contribution in [3.63, 3.8) is 0 Å². The van der Waals surface area contributed by atoms with E-state index in [1.807, 2.05) is 20.8 Å². The van der Waals surface area contributed by atoms with Crippen LogP contribution in [0.5, 0.6) is 0 Å². The molecule has 0 aromatic carbocycles. The van der Waals surface area contributed by atoms with Gasteiger partial charge in [0, 0.05) is 19.6 Å². The molecule has 6 nitrogen and oxygen atoms in total. The van der Waals surface area contributed by atoms with Gasteiger partial charge in [0.1, 0.15) is 11.6 Å². The number of likely N-dealkylation sites (tertiary alicyclic amines) is 2. The Balaban J connectivity index is 1.92. The van der Waals surface area contributed by atoms with Crippen molar-refractivity contribution >= 4 is 12.0 Å². The summed E-state index contributed by atoms with van der Waals surface area (Å²) in [7, 11) is 0. The summed E-state index contributed by atoms with van der Waals surface area (Å²) in [6.45, 7) is 7.25. The predicted molar refractivity (Wildman–Crippen MR) is 77.8 cm³/mol. The van der Waals surface area contributed by atoms with Gasteiger partial charge in [-0.1, -0.05) is 0 Å². The minimum atomic E-state index is -0.549. The highest BCUT2D eigenvalue weighted by atomic mass is 16.6. The molecule has 0 saturated carbocycles. The van der Waals surface area contributed by atoms with E-state index < -0.39 is 17.7 Å². The zero-order chi connectivity index (χ0) is 15.6. The number of amides is 2. The number of carbonyl (C=O) groups is 2. The molecule has 0 aliphatic carbocycles. The van der Waals surface area contributed by atoms with Crippen molar-refractivity contribution in [2.75, 3.05) is 19.6 Å². The predicted octanol–water partition coefficient (Wildman–Crippen LogP) is 1.37. The Hall–Kier alpha value is -1.30. The van der Waals surface area contributed by atoms with Crippen molar-refractivity contribution < 1.29 is 19.4 Å². The average Bonchev–Trinajstić information content (AvgIpc) is 2.49. The quantitative estimate of drug-likeness (QED) is 0.794. The number of hydrogen-bond acceptors (Lipinski definition) is 4. The number of nitrogens with zero attached hydrogens (tertiary/aromatic N) is 2. The third-order valence-electron chi connectivity index (χ3n) is 3.94. The van der Waals surface area contributed by atoms with E-state index in [-0.39, 0.29) is 12.0 Å². The highest BCUT2D eigenvalue weighted by Crippen LogP contribution is 2.24. The maximum Gasteiger partial charge on any atom is 0.410 e. The van der Waals surface area contributed by atoms with Crippen LogP contribution < -0.4 is 0 Å². The molecule has 2 fully saturated rings. The molecule has 2 aliphatic heterocycles. The van der Waals surface area contributed by atoms with Gasteiger partial charge in [-0.2, -0.15) is 0 Å². The summed E-state index contributed by atoms with van der Waals surface area (Å²) in [5, 5.41) is 9.64. The third-order valence-corrected chi connectivity index (χ3v) is 3.94. The number of carbonyl (C=O) groups excluding carboxylic acids is 2. The first-order valence-corrected chi connectivity index (χ1v) is 7.74. The monoisotopic (exact) mass is 298 g/mol. The second-order valence-corrected chi connectivity index (χ2v) is 6.89. The molecule has 0 spiro atoms. The summed E-state index contributed by atoms with van der Waals surface area (Å²) in [4.78, 5) is 27.9. The Morgan fingerprint density at radius 2 is 1.81 bits per heavy atom.